The average Bonchev–Trinajstić information content (AvgIpc) is 2.52. The van der Waals surface area contributed by atoms with Crippen LogP contribution in [0.4, 0.5) is 0 Å². The van der Waals surface area contributed by atoms with Gasteiger partial charge in [0, 0.05) is 16.8 Å². The summed E-state index contributed by atoms with van der Waals surface area (Å²) in [5, 5.41) is 3.80. The van der Waals surface area contributed by atoms with Crippen molar-refractivity contribution in [3.63, 3.8) is 0 Å². The standard InChI is InChI=1S/C17H24ClNO2S/c1-13(17(20)19-15-7-3-2-4-8-15)22-11-10-21-16-9-5-6-14(18)12-16/h5-6,9,12-13,15H,2-4,7-8,10-11H2,1H3,(H,19,20). The lowest BCUT2D eigenvalue weighted by Gasteiger charge is -2.24. The molecule has 1 aliphatic carbocycles. The third-order valence-corrected chi connectivity index (χ3v) is 5.19. The van der Waals surface area contributed by atoms with Crippen molar-refractivity contribution < 1.29 is 9.53 Å². The van der Waals surface area contributed by atoms with E-state index in [1.54, 1.807) is 17.8 Å². The van der Waals surface area contributed by atoms with Crippen molar-refractivity contribution in [3.8, 4) is 5.75 Å². The third kappa shape index (κ3) is 6.09. The van der Waals surface area contributed by atoms with Crippen molar-refractivity contribution in [1.29, 1.82) is 0 Å². The predicted octanol–water partition coefficient (Wildman–Crippen LogP) is 4.29. The molecule has 1 aliphatic rings. The van der Waals surface area contributed by atoms with Gasteiger partial charge in [-0.05, 0) is 38.0 Å². The number of carbonyl (C=O) groups is 1. The number of ether oxygens (including phenoxy) is 1. The van der Waals surface area contributed by atoms with Gasteiger partial charge >= 0.3 is 0 Å². The highest BCUT2D eigenvalue weighted by Crippen LogP contribution is 2.20. The number of benzene rings is 1. The zero-order valence-corrected chi connectivity index (χ0v) is 14.6. The number of nitrogens with one attached hydrogen (secondary N) is 1. The Hall–Kier alpha value is -0.870. The molecule has 1 atom stereocenters. The van der Waals surface area contributed by atoms with E-state index in [1.807, 2.05) is 25.1 Å². The summed E-state index contributed by atoms with van der Waals surface area (Å²) in [5.41, 5.74) is 0. The first-order chi connectivity index (χ1) is 10.6. The molecule has 1 aromatic carbocycles. The fourth-order valence-electron chi connectivity index (χ4n) is 2.58. The van der Waals surface area contributed by atoms with Crippen LogP contribution < -0.4 is 10.1 Å². The minimum absolute atomic E-state index is 0.0371. The monoisotopic (exact) mass is 341 g/mol. The van der Waals surface area contributed by atoms with Gasteiger partial charge in [-0.3, -0.25) is 4.79 Å². The van der Waals surface area contributed by atoms with E-state index in [9.17, 15) is 4.79 Å². The zero-order chi connectivity index (χ0) is 15.8. The molecule has 1 fully saturated rings. The second-order valence-electron chi connectivity index (χ2n) is 5.66. The molecular weight excluding hydrogens is 318 g/mol. The van der Waals surface area contributed by atoms with Crippen LogP contribution in [0, 0.1) is 0 Å². The van der Waals surface area contributed by atoms with Crippen LogP contribution >= 0.6 is 23.4 Å². The first-order valence-electron chi connectivity index (χ1n) is 7.95. The Morgan fingerprint density at radius 3 is 2.91 bits per heavy atom. The smallest absolute Gasteiger partial charge is 0.233 e. The molecule has 1 aromatic rings. The second kappa shape index (κ2) is 9.31. The summed E-state index contributed by atoms with van der Waals surface area (Å²) in [6.07, 6.45) is 6.03. The van der Waals surface area contributed by atoms with Gasteiger partial charge in [-0.25, -0.2) is 0 Å². The van der Waals surface area contributed by atoms with Gasteiger partial charge in [-0.15, -0.1) is 11.8 Å². The highest BCUT2D eigenvalue weighted by molar-refractivity contribution is 8.00. The minimum atomic E-state index is -0.0371. The molecule has 0 spiro atoms. The lowest BCUT2D eigenvalue weighted by atomic mass is 9.95. The molecule has 2 rings (SSSR count). The van der Waals surface area contributed by atoms with Gasteiger partial charge in [0.2, 0.25) is 5.91 Å². The Kier molecular flexibility index (Phi) is 7.40. The van der Waals surface area contributed by atoms with Crippen LogP contribution in [0.5, 0.6) is 5.75 Å². The van der Waals surface area contributed by atoms with E-state index in [0.29, 0.717) is 17.7 Å². The van der Waals surface area contributed by atoms with E-state index in [2.05, 4.69) is 5.32 Å². The van der Waals surface area contributed by atoms with Crippen molar-refractivity contribution in [2.24, 2.45) is 0 Å². The minimum Gasteiger partial charge on any atom is -0.493 e. The van der Waals surface area contributed by atoms with Crippen molar-refractivity contribution in [2.45, 2.75) is 50.3 Å². The molecule has 5 heteroatoms. The fraction of sp³-hybridized carbons (Fsp3) is 0.588. The molecule has 1 N–H and O–H groups in total. The molecule has 0 saturated heterocycles. The second-order valence-corrected chi connectivity index (χ2v) is 7.55. The van der Waals surface area contributed by atoms with E-state index in [0.717, 1.165) is 24.3 Å². The summed E-state index contributed by atoms with van der Waals surface area (Å²) in [6, 6.07) is 7.75. The van der Waals surface area contributed by atoms with Crippen LogP contribution in [0.15, 0.2) is 24.3 Å². The van der Waals surface area contributed by atoms with E-state index in [4.69, 9.17) is 16.3 Å². The maximum atomic E-state index is 12.1. The van der Waals surface area contributed by atoms with Crippen LogP contribution in [0.25, 0.3) is 0 Å². The van der Waals surface area contributed by atoms with Crippen LogP contribution in [-0.4, -0.2) is 29.6 Å². The van der Waals surface area contributed by atoms with E-state index in [-0.39, 0.29) is 11.2 Å². The summed E-state index contributed by atoms with van der Waals surface area (Å²) in [7, 11) is 0. The topological polar surface area (TPSA) is 38.3 Å². The normalized spacial score (nSPS) is 17.0. The van der Waals surface area contributed by atoms with Gasteiger partial charge in [0.05, 0.1) is 11.9 Å². The summed E-state index contributed by atoms with van der Waals surface area (Å²) in [5.74, 6) is 1.71. The molecule has 0 bridgehead atoms. The van der Waals surface area contributed by atoms with Crippen LogP contribution in [-0.2, 0) is 4.79 Å². The van der Waals surface area contributed by atoms with Crippen molar-refractivity contribution in [2.75, 3.05) is 12.4 Å². The maximum absolute atomic E-state index is 12.1. The molecule has 0 aliphatic heterocycles. The Labute approximate surface area is 142 Å². The lowest BCUT2D eigenvalue weighted by molar-refractivity contribution is -0.121. The lowest BCUT2D eigenvalue weighted by Crippen LogP contribution is -2.40. The molecule has 0 radical (unpaired) electrons. The zero-order valence-electron chi connectivity index (χ0n) is 13.0. The molecule has 122 valence electrons. The molecule has 0 heterocycles. The van der Waals surface area contributed by atoms with Gasteiger partial charge < -0.3 is 10.1 Å². The molecular formula is C17H24ClNO2S. The first kappa shape index (κ1) is 17.5. The summed E-state index contributed by atoms with van der Waals surface area (Å²) in [6.45, 7) is 2.54. The highest BCUT2D eigenvalue weighted by Gasteiger charge is 2.19. The first-order valence-corrected chi connectivity index (χ1v) is 9.38. The van der Waals surface area contributed by atoms with Gasteiger partial charge in [-0.2, -0.15) is 0 Å². The summed E-state index contributed by atoms with van der Waals surface area (Å²) < 4.78 is 5.63. The summed E-state index contributed by atoms with van der Waals surface area (Å²) >= 11 is 7.53. The van der Waals surface area contributed by atoms with E-state index >= 15 is 0 Å². The quantitative estimate of drug-likeness (QED) is 0.752. The van der Waals surface area contributed by atoms with Crippen molar-refractivity contribution >= 4 is 29.3 Å². The number of carbonyl (C=O) groups excluding carboxylic acids is 1. The van der Waals surface area contributed by atoms with E-state index < -0.39 is 0 Å². The number of halogens is 1. The number of hydrogen-bond acceptors (Lipinski definition) is 3. The maximum Gasteiger partial charge on any atom is 0.233 e. The van der Waals surface area contributed by atoms with Crippen LogP contribution in [0.3, 0.4) is 0 Å². The van der Waals surface area contributed by atoms with Crippen LogP contribution in [0.2, 0.25) is 5.02 Å². The third-order valence-electron chi connectivity index (χ3n) is 3.84. The average molecular weight is 342 g/mol. The van der Waals surface area contributed by atoms with Gasteiger partial charge in [0.15, 0.2) is 0 Å². The number of rotatable bonds is 7. The molecule has 1 amide bonds. The Morgan fingerprint density at radius 2 is 2.18 bits per heavy atom. The predicted molar refractivity (Wildman–Crippen MR) is 93.9 cm³/mol. The number of amides is 1. The largest absolute Gasteiger partial charge is 0.493 e. The fourth-order valence-corrected chi connectivity index (χ4v) is 3.52. The van der Waals surface area contributed by atoms with E-state index in [1.165, 1.54) is 19.3 Å². The molecule has 3 nitrogen and oxygen atoms in total. The molecule has 22 heavy (non-hydrogen) atoms. The molecule has 0 aromatic heterocycles. The SMILES string of the molecule is CC(SCCOc1cccc(Cl)c1)C(=O)NC1CCCCC1. The van der Waals surface area contributed by atoms with Gasteiger partial charge in [0.25, 0.3) is 0 Å². The highest BCUT2D eigenvalue weighted by atomic mass is 35.5. The number of thioether (sulfide) groups is 1. The Morgan fingerprint density at radius 1 is 1.41 bits per heavy atom. The molecule has 1 saturated carbocycles. The number of hydrogen-bond donors (Lipinski definition) is 1. The Bertz CT molecular complexity index is 477. The van der Waals surface area contributed by atoms with Gasteiger partial charge in [0.1, 0.15) is 5.75 Å². The summed E-state index contributed by atoms with van der Waals surface area (Å²) in [4.78, 5) is 12.1. The Balaban J connectivity index is 1.62. The molecule has 1 unspecified atom stereocenters. The van der Waals surface area contributed by atoms with Crippen molar-refractivity contribution in [3.05, 3.63) is 29.3 Å². The van der Waals surface area contributed by atoms with Crippen LogP contribution in [0.1, 0.15) is 39.0 Å². The van der Waals surface area contributed by atoms with Gasteiger partial charge in [-0.1, -0.05) is 36.9 Å². The van der Waals surface area contributed by atoms with Crippen molar-refractivity contribution in [1.82, 2.24) is 5.32 Å².